The molecule has 0 N–H and O–H groups in total. The Bertz CT molecular complexity index is 420. The summed E-state index contributed by atoms with van der Waals surface area (Å²) in [6, 6.07) is 0.703. The van der Waals surface area contributed by atoms with Gasteiger partial charge in [0.25, 0.3) is 0 Å². The lowest BCUT2D eigenvalue weighted by Crippen LogP contribution is -2.54. The van der Waals surface area contributed by atoms with Crippen LogP contribution in [0.4, 0.5) is 0 Å². The van der Waals surface area contributed by atoms with E-state index in [9.17, 15) is 9.59 Å². The van der Waals surface area contributed by atoms with Crippen LogP contribution in [0.3, 0.4) is 0 Å². The topological polar surface area (TPSA) is 40.6 Å². The fourth-order valence-corrected chi connectivity index (χ4v) is 4.58. The van der Waals surface area contributed by atoms with Crippen molar-refractivity contribution < 1.29 is 9.59 Å². The number of carbonyl (C=O) groups is 2. The van der Waals surface area contributed by atoms with E-state index in [-0.39, 0.29) is 11.8 Å². The monoisotopic (exact) mass is 320 g/mol. The van der Waals surface area contributed by atoms with Crippen LogP contribution in [0.5, 0.6) is 0 Å². The Hall–Kier alpha value is -1.06. The first-order chi connectivity index (χ1) is 11.1. The molecular weight excluding hydrogens is 288 g/mol. The maximum atomic E-state index is 13.2. The van der Waals surface area contributed by atoms with Crippen molar-refractivity contribution in [1.82, 2.24) is 9.80 Å². The van der Waals surface area contributed by atoms with E-state index in [4.69, 9.17) is 0 Å². The Morgan fingerprint density at radius 3 is 1.61 bits per heavy atom. The SMILES string of the molecule is CCC1CCCCN1C(=O)C1(C(=O)N2CCCCC2CC)CC1. The second-order valence-electron chi connectivity index (χ2n) is 7.69. The summed E-state index contributed by atoms with van der Waals surface area (Å²) < 4.78 is 0. The molecule has 3 rings (SSSR count). The first-order valence-corrected chi connectivity index (χ1v) is 9.76. The second kappa shape index (κ2) is 6.82. The summed E-state index contributed by atoms with van der Waals surface area (Å²) in [6.45, 7) is 6.03. The minimum absolute atomic E-state index is 0.148. The van der Waals surface area contributed by atoms with Gasteiger partial charge in [-0.25, -0.2) is 0 Å². The van der Waals surface area contributed by atoms with E-state index in [1.165, 1.54) is 12.8 Å². The Balaban J connectivity index is 1.75. The number of nitrogens with zero attached hydrogens (tertiary/aromatic N) is 2. The molecule has 4 nitrogen and oxygen atoms in total. The summed E-state index contributed by atoms with van der Waals surface area (Å²) >= 11 is 0. The summed E-state index contributed by atoms with van der Waals surface area (Å²) in [7, 11) is 0. The number of amides is 2. The number of carbonyl (C=O) groups excluding carboxylic acids is 2. The first-order valence-electron chi connectivity index (χ1n) is 9.76. The Morgan fingerprint density at radius 1 is 0.826 bits per heavy atom. The van der Waals surface area contributed by atoms with Crippen LogP contribution in [-0.4, -0.2) is 46.8 Å². The van der Waals surface area contributed by atoms with Gasteiger partial charge >= 0.3 is 0 Å². The van der Waals surface area contributed by atoms with Crippen LogP contribution >= 0.6 is 0 Å². The van der Waals surface area contributed by atoms with Crippen LogP contribution in [0.1, 0.15) is 78.1 Å². The molecule has 0 aromatic heterocycles. The first kappa shape index (κ1) is 16.8. The average Bonchev–Trinajstić information content (AvgIpc) is 3.42. The molecule has 23 heavy (non-hydrogen) atoms. The molecule has 0 aromatic rings. The molecule has 0 radical (unpaired) electrons. The van der Waals surface area contributed by atoms with E-state index in [2.05, 4.69) is 23.6 Å². The molecule has 2 aliphatic heterocycles. The van der Waals surface area contributed by atoms with Gasteiger partial charge in [-0.15, -0.1) is 0 Å². The average molecular weight is 320 g/mol. The highest BCUT2D eigenvalue weighted by Crippen LogP contribution is 2.50. The molecule has 2 atom stereocenters. The molecule has 2 heterocycles. The standard InChI is InChI=1S/C19H32N2O2/c1-3-15-9-5-7-13-20(15)17(22)19(11-12-19)18(23)21-14-8-6-10-16(21)4-2/h15-16H,3-14H2,1-2H3. The van der Waals surface area contributed by atoms with Gasteiger partial charge in [0.1, 0.15) is 5.41 Å². The van der Waals surface area contributed by atoms with Crippen LogP contribution < -0.4 is 0 Å². The van der Waals surface area contributed by atoms with Gasteiger partial charge in [-0.1, -0.05) is 13.8 Å². The number of hydrogen-bond acceptors (Lipinski definition) is 2. The summed E-state index contributed by atoms with van der Waals surface area (Å²) in [4.78, 5) is 30.5. The molecular formula is C19H32N2O2. The third-order valence-corrected chi connectivity index (χ3v) is 6.29. The molecule has 130 valence electrons. The van der Waals surface area contributed by atoms with Gasteiger partial charge in [0.15, 0.2) is 0 Å². The number of hydrogen-bond donors (Lipinski definition) is 0. The van der Waals surface area contributed by atoms with Crippen molar-refractivity contribution >= 4 is 11.8 Å². The zero-order chi connectivity index (χ0) is 16.4. The van der Waals surface area contributed by atoms with Crippen LogP contribution in [0.15, 0.2) is 0 Å². The lowest BCUT2D eigenvalue weighted by Gasteiger charge is -2.41. The zero-order valence-corrected chi connectivity index (χ0v) is 14.9. The zero-order valence-electron chi connectivity index (χ0n) is 14.9. The van der Waals surface area contributed by atoms with Crippen molar-refractivity contribution in [2.45, 2.75) is 90.1 Å². The summed E-state index contributed by atoms with van der Waals surface area (Å²) in [5.41, 5.74) is -0.685. The predicted molar refractivity (Wildman–Crippen MR) is 91.0 cm³/mol. The molecule has 2 unspecified atom stereocenters. The third kappa shape index (κ3) is 3.01. The largest absolute Gasteiger partial charge is 0.339 e. The molecule has 0 spiro atoms. The Kier molecular flexibility index (Phi) is 4.98. The molecule has 2 saturated heterocycles. The smallest absolute Gasteiger partial charge is 0.238 e. The Labute approximate surface area is 140 Å². The maximum Gasteiger partial charge on any atom is 0.238 e. The van der Waals surface area contributed by atoms with Crippen molar-refractivity contribution in [3.05, 3.63) is 0 Å². The Morgan fingerprint density at radius 2 is 1.26 bits per heavy atom. The van der Waals surface area contributed by atoms with E-state index in [1.54, 1.807) is 0 Å². The normalized spacial score (nSPS) is 30.2. The highest BCUT2D eigenvalue weighted by molar-refractivity contribution is 6.08. The molecule has 3 aliphatic rings. The van der Waals surface area contributed by atoms with Crippen LogP contribution in [0, 0.1) is 5.41 Å². The van der Waals surface area contributed by atoms with Crippen LogP contribution in [0.2, 0.25) is 0 Å². The molecule has 0 aromatic carbocycles. The lowest BCUT2D eigenvalue weighted by atomic mass is 9.93. The van der Waals surface area contributed by atoms with Gasteiger partial charge in [0, 0.05) is 25.2 Å². The number of rotatable bonds is 4. The van der Waals surface area contributed by atoms with Gasteiger partial charge in [-0.3, -0.25) is 9.59 Å². The second-order valence-corrected chi connectivity index (χ2v) is 7.69. The van der Waals surface area contributed by atoms with E-state index in [1.807, 2.05) is 0 Å². The van der Waals surface area contributed by atoms with Gasteiger partial charge in [-0.2, -0.15) is 0 Å². The highest BCUT2D eigenvalue weighted by atomic mass is 16.2. The van der Waals surface area contributed by atoms with E-state index < -0.39 is 5.41 Å². The molecule has 1 aliphatic carbocycles. The quantitative estimate of drug-likeness (QED) is 0.745. The number of piperidine rings is 2. The van der Waals surface area contributed by atoms with Crippen molar-refractivity contribution in [3.63, 3.8) is 0 Å². The molecule has 2 amide bonds. The maximum absolute atomic E-state index is 13.2. The van der Waals surface area contributed by atoms with Gasteiger partial charge in [-0.05, 0) is 64.2 Å². The molecule has 3 fully saturated rings. The van der Waals surface area contributed by atoms with E-state index >= 15 is 0 Å². The van der Waals surface area contributed by atoms with Gasteiger partial charge < -0.3 is 9.80 Å². The van der Waals surface area contributed by atoms with Crippen LogP contribution in [0.25, 0.3) is 0 Å². The van der Waals surface area contributed by atoms with Gasteiger partial charge in [0.05, 0.1) is 0 Å². The van der Waals surface area contributed by atoms with Gasteiger partial charge in [0.2, 0.25) is 11.8 Å². The van der Waals surface area contributed by atoms with Crippen molar-refractivity contribution in [2.24, 2.45) is 5.41 Å². The fourth-order valence-electron chi connectivity index (χ4n) is 4.58. The summed E-state index contributed by atoms with van der Waals surface area (Å²) in [5, 5.41) is 0. The molecule has 4 heteroatoms. The van der Waals surface area contributed by atoms with Crippen molar-refractivity contribution in [3.8, 4) is 0 Å². The molecule has 0 bridgehead atoms. The van der Waals surface area contributed by atoms with E-state index in [0.717, 1.165) is 64.5 Å². The third-order valence-electron chi connectivity index (χ3n) is 6.29. The molecule has 1 saturated carbocycles. The number of likely N-dealkylation sites (tertiary alicyclic amines) is 2. The highest BCUT2D eigenvalue weighted by Gasteiger charge is 2.60. The van der Waals surface area contributed by atoms with Crippen LogP contribution in [-0.2, 0) is 9.59 Å². The summed E-state index contributed by atoms with van der Waals surface area (Å²) in [6.07, 6.45) is 10.4. The fraction of sp³-hybridized carbons (Fsp3) is 0.895. The van der Waals surface area contributed by atoms with Crippen molar-refractivity contribution in [2.75, 3.05) is 13.1 Å². The lowest BCUT2D eigenvalue weighted by molar-refractivity contribution is -0.153. The summed E-state index contributed by atoms with van der Waals surface area (Å²) in [5.74, 6) is 0.295. The van der Waals surface area contributed by atoms with E-state index in [0.29, 0.717) is 12.1 Å². The minimum atomic E-state index is -0.685. The van der Waals surface area contributed by atoms with Crippen molar-refractivity contribution in [1.29, 1.82) is 0 Å². The predicted octanol–water partition coefficient (Wildman–Crippen LogP) is 3.35. The minimum Gasteiger partial charge on any atom is -0.339 e.